The first-order chi connectivity index (χ1) is 11.1. The van der Waals surface area contributed by atoms with Gasteiger partial charge in [0.1, 0.15) is 0 Å². The van der Waals surface area contributed by atoms with Crippen LogP contribution in [-0.2, 0) is 4.79 Å². The van der Waals surface area contributed by atoms with Gasteiger partial charge in [0.25, 0.3) is 0 Å². The van der Waals surface area contributed by atoms with Crippen molar-refractivity contribution in [1.82, 2.24) is 9.80 Å². The molecule has 25 heavy (non-hydrogen) atoms. The molecule has 0 radical (unpaired) electrons. The van der Waals surface area contributed by atoms with Gasteiger partial charge in [-0.15, -0.1) is 24.8 Å². The Morgan fingerprint density at radius 1 is 1.12 bits per heavy atom. The number of piperidine rings is 1. The molecule has 2 heterocycles. The monoisotopic (exact) mass is 388 g/mol. The van der Waals surface area contributed by atoms with E-state index in [4.69, 9.17) is 5.73 Å². The van der Waals surface area contributed by atoms with E-state index in [1.165, 1.54) is 17.7 Å². The van der Waals surface area contributed by atoms with Crippen LogP contribution in [0.4, 0.5) is 5.69 Å². The van der Waals surface area contributed by atoms with Crippen LogP contribution in [0.2, 0.25) is 0 Å². The molecular weight excluding hydrogens is 359 g/mol. The number of para-hydroxylation sites is 1. The Bertz CT molecular complexity index is 550. The molecule has 3 rings (SSSR count). The topological polar surface area (TPSA) is 52.8 Å². The maximum Gasteiger partial charge on any atom is 0.231 e. The summed E-state index contributed by atoms with van der Waals surface area (Å²) in [6.45, 7) is 8.93. The summed E-state index contributed by atoms with van der Waals surface area (Å²) in [4.78, 5) is 18.5. The van der Waals surface area contributed by atoms with Crippen molar-refractivity contribution in [3.63, 3.8) is 0 Å². The van der Waals surface area contributed by atoms with Crippen molar-refractivity contribution in [2.45, 2.75) is 25.8 Å². The number of nitrogens with two attached hydrogens (primary N) is 1. The second-order valence-corrected chi connectivity index (χ2v) is 6.81. The summed E-state index contributed by atoms with van der Waals surface area (Å²) in [5.41, 5.74) is 8.06. The molecular formula is C18H30Cl2N4O. The lowest BCUT2D eigenvalue weighted by Gasteiger charge is -2.44. The number of piperazine rings is 1. The summed E-state index contributed by atoms with van der Waals surface area (Å²) in [7, 11) is 0. The Hall–Kier alpha value is -1.01. The fraction of sp³-hybridized carbons (Fsp3) is 0.611. The average molecular weight is 389 g/mol. The van der Waals surface area contributed by atoms with E-state index < -0.39 is 0 Å². The number of aryl methyl sites for hydroxylation is 1. The first-order valence-electron chi connectivity index (χ1n) is 8.69. The van der Waals surface area contributed by atoms with Crippen molar-refractivity contribution < 1.29 is 4.79 Å². The van der Waals surface area contributed by atoms with Gasteiger partial charge in [-0.25, -0.2) is 0 Å². The van der Waals surface area contributed by atoms with Gasteiger partial charge in [0, 0.05) is 44.5 Å². The Morgan fingerprint density at radius 3 is 2.44 bits per heavy atom. The van der Waals surface area contributed by atoms with Gasteiger partial charge in [-0.3, -0.25) is 14.6 Å². The van der Waals surface area contributed by atoms with Crippen molar-refractivity contribution in [3.8, 4) is 0 Å². The number of carbonyl (C=O) groups is 1. The molecule has 2 fully saturated rings. The van der Waals surface area contributed by atoms with E-state index in [1.807, 2.05) is 0 Å². The van der Waals surface area contributed by atoms with Crippen molar-refractivity contribution in [2.75, 3.05) is 50.7 Å². The molecule has 0 aliphatic carbocycles. The quantitative estimate of drug-likeness (QED) is 0.855. The minimum Gasteiger partial charge on any atom is -0.369 e. The van der Waals surface area contributed by atoms with Gasteiger partial charge >= 0.3 is 0 Å². The molecule has 2 N–H and O–H groups in total. The van der Waals surface area contributed by atoms with E-state index >= 15 is 0 Å². The summed E-state index contributed by atoms with van der Waals surface area (Å²) in [5.74, 6) is -0.213. The lowest BCUT2D eigenvalue weighted by molar-refractivity contribution is -0.119. The van der Waals surface area contributed by atoms with Crippen molar-refractivity contribution >= 4 is 36.4 Å². The first-order valence-corrected chi connectivity index (χ1v) is 8.69. The van der Waals surface area contributed by atoms with Crippen LogP contribution in [-0.4, -0.2) is 67.6 Å². The summed E-state index contributed by atoms with van der Waals surface area (Å²) >= 11 is 0. The summed E-state index contributed by atoms with van der Waals surface area (Å²) in [6.07, 6.45) is 2.40. The fourth-order valence-corrected chi connectivity index (χ4v) is 3.94. The van der Waals surface area contributed by atoms with Crippen LogP contribution in [0.5, 0.6) is 0 Å². The fourth-order valence-electron chi connectivity index (χ4n) is 3.94. The van der Waals surface area contributed by atoms with E-state index in [2.05, 4.69) is 45.9 Å². The number of carbonyl (C=O) groups excluding carboxylic acids is 1. The van der Waals surface area contributed by atoms with Gasteiger partial charge in [-0.2, -0.15) is 0 Å². The molecule has 5 nitrogen and oxygen atoms in total. The molecule has 1 amide bonds. The van der Waals surface area contributed by atoms with Crippen LogP contribution in [0.3, 0.4) is 0 Å². The zero-order valence-corrected chi connectivity index (χ0v) is 16.5. The van der Waals surface area contributed by atoms with E-state index in [9.17, 15) is 4.79 Å². The highest BCUT2D eigenvalue weighted by Crippen LogP contribution is 2.23. The molecule has 1 aromatic carbocycles. The predicted molar refractivity (Wildman–Crippen MR) is 108 cm³/mol. The second kappa shape index (κ2) is 10.2. The second-order valence-electron chi connectivity index (χ2n) is 6.81. The lowest BCUT2D eigenvalue weighted by atomic mass is 10.0. The summed E-state index contributed by atoms with van der Waals surface area (Å²) in [6, 6.07) is 9.20. The number of benzene rings is 1. The standard InChI is InChI=1S/C18H28N4O.2ClH/c1-15-5-2-3-7-17(15)22-11-9-21(10-12-22)16-6-4-8-20(13-16)14-18(19)23;;/h2-3,5,7,16H,4,6,8-14H2,1H3,(H2,19,23);2*1H. The van der Waals surface area contributed by atoms with Crippen molar-refractivity contribution in [1.29, 1.82) is 0 Å². The number of likely N-dealkylation sites (tertiary alicyclic amines) is 1. The van der Waals surface area contributed by atoms with E-state index in [1.54, 1.807) is 0 Å². The van der Waals surface area contributed by atoms with Gasteiger partial charge in [-0.05, 0) is 37.9 Å². The number of nitrogens with zero attached hydrogens (tertiary/aromatic N) is 3. The van der Waals surface area contributed by atoms with E-state index in [0.29, 0.717) is 12.6 Å². The lowest BCUT2D eigenvalue weighted by Crippen LogP contribution is -2.55. The highest BCUT2D eigenvalue weighted by Gasteiger charge is 2.28. The molecule has 2 aliphatic heterocycles. The molecule has 0 aromatic heterocycles. The highest BCUT2D eigenvalue weighted by atomic mass is 35.5. The smallest absolute Gasteiger partial charge is 0.231 e. The van der Waals surface area contributed by atoms with Gasteiger partial charge in [0.2, 0.25) is 5.91 Å². The maximum absolute atomic E-state index is 11.1. The molecule has 2 aliphatic rings. The van der Waals surface area contributed by atoms with Crippen LogP contribution >= 0.6 is 24.8 Å². The molecule has 1 aromatic rings. The molecule has 0 bridgehead atoms. The molecule has 0 saturated carbocycles. The normalized spacial score (nSPS) is 22.0. The molecule has 1 unspecified atom stereocenters. The third-order valence-electron chi connectivity index (χ3n) is 5.15. The molecule has 7 heteroatoms. The minimum atomic E-state index is -0.213. The number of primary amides is 1. The van der Waals surface area contributed by atoms with Crippen LogP contribution in [0.15, 0.2) is 24.3 Å². The van der Waals surface area contributed by atoms with Crippen LogP contribution in [0, 0.1) is 6.92 Å². The average Bonchev–Trinajstić information content (AvgIpc) is 2.55. The number of hydrogen-bond acceptors (Lipinski definition) is 4. The maximum atomic E-state index is 11.1. The van der Waals surface area contributed by atoms with Gasteiger partial charge in [0.15, 0.2) is 0 Å². The van der Waals surface area contributed by atoms with Crippen LogP contribution < -0.4 is 10.6 Å². The highest BCUT2D eigenvalue weighted by molar-refractivity contribution is 5.85. The molecule has 2 saturated heterocycles. The zero-order chi connectivity index (χ0) is 16.2. The Kier molecular flexibility index (Phi) is 9.00. The summed E-state index contributed by atoms with van der Waals surface area (Å²) < 4.78 is 0. The Labute approximate surface area is 163 Å². The zero-order valence-electron chi connectivity index (χ0n) is 14.9. The Balaban J connectivity index is 0.00000156. The number of anilines is 1. The first kappa shape index (κ1) is 22.0. The van der Waals surface area contributed by atoms with Gasteiger partial charge in [-0.1, -0.05) is 18.2 Å². The van der Waals surface area contributed by atoms with Crippen LogP contribution in [0.1, 0.15) is 18.4 Å². The van der Waals surface area contributed by atoms with Crippen molar-refractivity contribution in [2.24, 2.45) is 5.73 Å². The summed E-state index contributed by atoms with van der Waals surface area (Å²) in [5, 5.41) is 0. The number of rotatable bonds is 4. The minimum absolute atomic E-state index is 0. The third-order valence-corrected chi connectivity index (χ3v) is 5.15. The van der Waals surface area contributed by atoms with Crippen molar-refractivity contribution in [3.05, 3.63) is 29.8 Å². The SMILES string of the molecule is Cc1ccccc1N1CCN(C2CCCN(CC(N)=O)C2)CC1.Cl.Cl. The molecule has 1 atom stereocenters. The van der Waals surface area contributed by atoms with Gasteiger partial charge in [0.05, 0.1) is 6.54 Å². The predicted octanol–water partition coefficient (Wildman–Crippen LogP) is 1.91. The number of hydrogen-bond donors (Lipinski definition) is 1. The van der Waals surface area contributed by atoms with E-state index in [0.717, 1.165) is 45.7 Å². The third kappa shape index (κ3) is 5.74. The number of halogens is 2. The largest absolute Gasteiger partial charge is 0.369 e. The molecule has 0 spiro atoms. The van der Waals surface area contributed by atoms with Gasteiger partial charge < -0.3 is 10.6 Å². The van der Waals surface area contributed by atoms with E-state index in [-0.39, 0.29) is 30.7 Å². The Morgan fingerprint density at radius 2 is 1.80 bits per heavy atom. The van der Waals surface area contributed by atoms with Crippen LogP contribution in [0.25, 0.3) is 0 Å². The molecule has 142 valence electrons. The number of amides is 1.